The molecule has 0 radical (unpaired) electrons. The third kappa shape index (κ3) is 5.40. The molecule has 126 valence electrons. The highest BCUT2D eigenvalue weighted by Crippen LogP contribution is 2.15. The van der Waals surface area contributed by atoms with Crippen LogP contribution in [0, 0.1) is 18.3 Å². The predicted octanol–water partition coefficient (Wildman–Crippen LogP) is 3.70. The van der Waals surface area contributed by atoms with E-state index >= 15 is 0 Å². The molecule has 2 rings (SSSR count). The molecule has 0 spiro atoms. The lowest BCUT2D eigenvalue weighted by Crippen LogP contribution is -2.08. The molecule has 5 nitrogen and oxygen atoms in total. The summed E-state index contributed by atoms with van der Waals surface area (Å²) < 4.78 is 1.82. The number of carboxylic acid groups (broad SMARTS) is 1. The van der Waals surface area contributed by atoms with E-state index in [1.54, 1.807) is 24.3 Å². The van der Waals surface area contributed by atoms with Crippen molar-refractivity contribution >= 4 is 11.8 Å². The van der Waals surface area contributed by atoms with Gasteiger partial charge in [0.15, 0.2) is 0 Å². The molecule has 1 aromatic heterocycles. The van der Waals surface area contributed by atoms with Crippen LogP contribution in [-0.2, 0) is 11.8 Å². The van der Waals surface area contributed by atoms with Crippen LogP contribution in [0.3, 0.4) is 0 Å². The number of aliphatic carboxylic acids is 1. The molecule has 0 saturated carbocycles. The summed E-state index contributed by atoms with van der Waals surface area (Å²) in [4.78, 5) is 22.0. The van der Waals surface area contributed by atoms with Crippen molar-refractivity contribution in [3.05, 3.63) is 58.9 Å². The van der Waals surface area contributed by atoms with Gasteiger partial charge in [0.2, 0.25) is 5.78 Å². The molecule has 0 unspecified atom stereocenters. The smallest absolute Gasteiger partial charge is 0.303 e. The second-order valence-corrected chi connectivity index (χ2v) is 5.47. The summed E-state index contributed by atoms with van der Waals surface area (Å²) in [5.41, 5.74) is 2.82. The van der Waals surface area contributed by atoms with Crippen LogP contribution in [0.2, 0.25) is 0 Å². The summed E-state index contributed by atoms with van der Waals surface area (Å²) in [6.07, 6.45) is 3.95. The molecule has 0 aliphatic rings. The maximum atomic E-state index is 12.2. The first kappa shape index (κ1) is 19.2. The minimum Gasteiger partial charge on any atom is -0.481 e. The number of aromatic nitrogens is 1. The molecule has 0 aliphatic heterocycles. The van der Waals surface area contributed by atoms with E-state index in [0.717, 1.165) is 18.4 Å². The average Bonchev–Trinajstić information content (AvgIpc) is 2.91. The molecule has 1 N–H and O–H groups in total. The Hall–Kier alpha value is -2.87. The molecular weight excluding hydrogens is 304 g/mol. The number of carboxylic acids is 1. The van der Waals surface area contributed by atoms with Crippen molar-refractivity contribution in [2.75, 3.05) is 0 Å². The van der Waals surface area contributed by atoms with Gasteiger partial charge in [0.05, 0.1) is 17.3 Å². The zero-order valence-electron chi connectivity index (χ0n) is 14.2. The van der Waals surface area contributed by atoms with E-state index in [2.05, 4.69) is 0 Å². The van der Waals surface area contributed by atoms with Gasteiger partial charge < -0.3 is 9.67 Å². The predicted molar refractivity (Wildman–Crippen MR) is 91.9 cm³/mol. The van der Waals surface area contributed by atoms with E-state index < -0.39 is 5.97 Å². The van der Waals surface area contributed by atoms with E-state index in [4.69, 9.17) is 10.4 Å². The average molecular weight is 326 g/mol. The van der Waals surface area contributed by atoms with Gasteiger partial charge >= 0.3 is 5.97 Å². The molecule has 0 saturated heterocycles. The van der Waals surface area contributed by atoms with Crippen LogP contribution in [0.25, 0.3) is 0 Å². The largest absolute Gasteiger partial charge is 0.481 e. The standard InChI is InChI=1S/C14H12N2O.C5H10O2/c1-10-7-8-16(2)13(10)14(17)12-5-3-11(9-15)4-6-12;1-2-3-4-5(6)7/h3-8H,1-2H3;2-4H2,1H3,(H,6,7). The van der Waals surface area contributed by atoms with Crippen molar-refractivity contribution in [2.24, 2.45) is 7.05 Å². The molecular formula is C19H22N2O3. The lowest BCUT2D eigenvalue weighted by molar-refractivity contribution is -0.137. The maximum Gasteiger partial charge on any atom is 0.303 e. The van der Waals surface area contributed by atoms with Gasteiger partial charge in [-0.3, -0.25) is 9.59 Å². The highest BCUT2D eigenvalue weighted by molar-refractivity contribution is 6.08. The molecule has 0 atom stereocenters. The van der Waals surface area contributed by atoms with Crippen LogP contribution in [0.4, 0.5) is 0 Å². The third-order valence-corrected chi connectivity index (χ3v) is 3.51. The first-order valence-corrected chi connectivity index (χ1v) is 7.79. The Balaban J connectivity index is 0.000000351. The highest BCUT2D eigenvalue weighted by Gasteiger charge is 2.14. The third-order valence-electron chi connectivity index (χ3n) is 3.51. The summed E-state index contributed by atoms with van der Waals surface area (Å²) in [6, 6.07) is 10.6. The Morgan fingerprint density at radius 2 is 1.83 bits per heavy atom. The molecule has 0 amide bonds. The van der Waals surface area contributed by atoms with Crippen molar-refractivity contribution in [2.45, 2.75) is 33.1 Å². The summed E-state index contributed by atoms with van der Waals surface area (Å²) in [6.45, 7) is 3.89. The lowest BCUT2D eigenvalue weighted by atomic mass is 10.0. The number of hydrogen-bond donors (Lipinski definition) is 1. The molecule has 5 heteroatoms. The van der Waals surface area contributed by atoms with Crippen LogP contribution >= 0.6 is 0 Å². The monoisotopic (exact) mass is 326 g/mol. The number of nitrogens with zero attached hydrogens (tertiary/aromatic N) is 2. The van der Waals surface area contributed by atoms with Crippen molar-refractivity contribution in [3.8, 4) is 6.07 Å². The molecule has 1 heterocycles. The van der Waals surface area contributed by atoms with Crippen molar-refractivity contribution in [3.63, 3.8) is 0 Å². The van der Waals surface area contributed by atoms with Crippen LogP contribution in [0.1, 0.15) is 53.4 Å². The maximum absolute atomic E-state index is 12.2. The fourth-order valence-electron chi connectivity index (χ4n) is 2.16. The second kappa shape index (κ2) is 9.31. The minimum atomic E-state index is -0.693. The number of ketones is 1. The Labute approximate surface area is 142 Å². The Morgan fingerprint density at radius 3 is 2.21 bits per heavy atom. The van der Waals surface area contributed by atoms with Crippen molar-refractivity contribution < 1.29 is 14.7 Å². The summed E-state index contributed by atoms with van der Waals surface area (Å²) in [5, 5.41) is 16.7. The van der Waals surface area contributed by atoms with Gasteiger partial charge in [0, 0.05) is 25.2 Å². The summed E-state index contributed by atoms with van der Waals surface area (Å²) in [5.74, 6) is -0.707. The van der Waals surface area contributed by atoms with Gasteiger partial charge in [-0.15, -0.1) is 0 Å². The Bertz CT molecular complexity index is 717. The number of hydrogen-bond acceptors (Lipinski definition) is 3. The van der Waals surface area contributed by atoms with Gasteiger partial charge in [0.25, 0.3) is 0 Å². The van der Waals surface area contributed by atoms with E-state index in [1.165, 1.54) is 0 Å². The fraction of sp³-hybridized carbons (Fsp3) is 0.316. The van der Waals surface area contributed by atoms with E-state index in [0.29, 0.717) is 23.2 Å². The number of carbonyl (C=O) groups excluding carboxylic acids is 1. The molecule has 0 bridgehead atoms. The van der Waals surface area contributed by atoms with E-state index in [9.17, 15) is 9.59 Å². The van der Waals surface area contributed by atoms with Crippen LogP contribution in [0.5, 0.6) is 0 Å². The molecule has 1 aromatic carbocycles. The Kier molecular flexibility index (Phi) is 7.44. The summed E-state index contributed by atoms with van der Waals surface area (Å²) in [7, 11) is 1.85. The molecule has 24 heavy (non-hydrogen) atoms. The van der Waals surface area contributed by atoms with Gasteiger partial charge in [-0.2, -0.15) is 5.26 Å². The Morgan fingerprint density at radius 1 is 1.21 bits per heavy atom. The van der Waals surface area contributed by atoms with Crippen molar-refractivity contribution in [1.29, 1.82) is 5.26 Å². The second-order valence-electron chi connectivity index (χ2n) is 5.47. The molecule has 2 aromatic rings. The number of carbonyl (C=O) groups is 2. The summed E-state index contributed by atoms with van der Waals surface area (Å²) >= 11 is 0. The van der Waals surface area contributed by atoms with Crippen LogP contribution in [-0.4, -0.2) is 21.4 Å². The molecule has 0 fully saturated rings. The number of rotatable bonds is 5. The number of nitriles is 1. The van der Waals surface area contributed by atoms with E-state index in [-0.39, 0.29) is 5.78 Å². The van der Waals surface area contributed by atoms with Crippen LogP contribution < -0.4 is 0 Å². The van der Waals surface area contributed by atoms with Gasteiger partial charge in [-0.05, 0) is 49.2 Å². The minimum absolute atomic E-state index is 0.0144. The van der Waals surface area contributed by atoms with Crippen molar-refractivity contribution in [1.82, 2.24) is 4.57 Å². The number of benzene rings is 1. The quantitative estimate of drug-likeness (QED) is 0.849. The highest BCUT2D eigenvalue weighted by atomic mass is 16.4. The van der Waals surface area contributed by atoms with Gasteiger partial charge in [-0.1, -0.05) is 13.3 Å². The lowest BCUT2D eigenvalue weighted by Gasteiger charge is -2.04. The zero-order chi connectivity index (χ0) is 18.1. The van der Waals surface area contributed by atoms with Crippen LogP contribution in [0.15, 0.2) is 36.5 Å². The first-order valence-electron chi connectivity index (χ1n) is 7.79. The first-order chi connectivity index (χ1) is 11.4. The van der Waals surface area contributed by atoms with E-state index in [1.807, 2.05) is 43.8 Å². The zero-order valence-corrected chi connectivity index (χ0v) is 14.2. The topological polar surface area (TPSA) is 83.1 Å². The molecule has 0 aliphatic carbocycles. The number of unbranched alkanes of at least 4 members (excludes halogenated alkanes) is 1. The van der Waals surface area contributed by atoms with Gasteiger partial charge in [-0.25, -0.2) is 0 Å². The fourth-order valence-corrected chi connectivity index (χ4v) is 2.16. The normalized spacial score (nSPS) is 9.58. The SMILES string of the molecule is CCCCC(=O)O.Cc1ccn(C)c1C(=O)c1ccc(C#N)cc1. The number of aryl methyl sites for hydroxylation is 2. The van der Waals surface area contributed by atoms with Gasteiger partial charge in [0.1, 0.15) is 0 Å².